The molecule has 104 valence electrons. The monoisotopic (exact) mass is 280 g/mol. The molecular formula is C14H20N2O2S. The van der Waals surface area contributed by atoms with Gasteiger partial charge >= 0.3 is 0 Å². The third kappa shape index (κ3) is 3.42. The molecule has 1 saturated carbocycles. The summed E-state index contributed by atoms with van der Waals surface area (Å²) in [5.41, 5.74) is 0.634. The molecular weight excluding hydrogens is 260 g/mol. The predicted molar refractivity (Wildman–Crippen MR) is 76.9 cm³/mol. The number of rotatable bonds is 4. The van der Waals surface area contributed by atoms with Crippen molar-refractivity contribution < 1.29 is 9.90 Å². The second-order valence-corrected chi connectivity index (χ2v) is 6.45. The summed E-state index contributed by atoms with van der Waals surface area (Å²) in [7, 11) is 0. The van der Waals surface area contributed by atoms with E-state index in [9.17, 15) is 9.90 Å². The van der Waals surface area contributed by atoms with Gasteiger partial charge in [-0.15, -0.1) is 11.3 Å². The molecule has 1 aromatic heterocycles. The zero-order valence-corrected chi connectivity index (χ0v) is 12.2. The molecule has 1 heterocycles. The van der Waals surface area contributed by atoms with Crippen LogP contribution in [0.15, 0.2) is 11.5 Å². The van der Waals surface area contributed by atoms with Gasteiger partial charge in [0.25, 0.3) is 0 Å². The molecule has 1 amide bonds. The number of thiazole rings is 1. The summed E-state index contributed by atoms with van der Waals surface area (Å²) in [6.45, 7) is 4.08. The summed E-state index contributed by atoms with van der Waals surface area (Å²) < 4.78 is 0. The Labute approximate surface area is 117 Å². The average molecular weight is 280 g/mol. The van der Waals surface area contributed by atoms with Crippen LogP contribution in [0, 0.1) is 12.3 Å². The van der Waals surface area contributed by atoms with Gasteiger partial charge in [0.1, 0.15) is 0 Å². The highest BCUT2D eigenvalue weighted by atomic mass is 32.1. The van der Waals surface area contributed by atoms with Crippen molar-refractivity contribution in [3.8, 4) is 0 Å². The maximum Gasteiger partial charge on any atom is 0.244 e. The van der Waals surface area contributed by atoms with Crippen molar-refractivity contribution in [3.63, 3.8) is 0 Å². The van der Waals surface area contributed by atoms with E-state index in [-0.39, 0.29) is 24.0 Å². The van der Waals surface area contributed by atoms with E-state index in [0.717, 1.165) is 30.0 Å². The second-order valence-electron chi connectivity index (χ2n) is 5.39. The molecule has 2 rings (SSSR count). The van der Waals surface area contributed by atoms with E-state index < -0.39 is 0 Å². The van der Waals surface area contributed by atoms with Crippen LogP contribution in [0.2, 0.25) is 0 Å². The number of nitrogens with one attached hydrogen (secondary N) is 1. The number of amides is 1. The Morgan fingerprint density at radius 2 is 2.53 bits per heavy atom. The number of carbonyl (C=O) groups is 1. The van der Waals surface area contributed by atoms with Crippen LogP contribution in [0.1, 0.15) is 36.9 Å². The third-order valence-corrected chi connectivity index (χ3v) is 4.59. The minimum Gasteiger partial charge on any atom is -0.396 e. The number of aryl methyl sites for hydroxylation is 1. The van der Waals surface area contributed by atoms with Crippen LogP contribution in [0.3, 0.4) is 0 Å². The molecule has 19 heavy (non-hydrogen) atoms. The van der Waals surface area contributed by atoms with Gasteiger partial charge < -0.3 is 10.4 Å². The maximum atomic E-state index is 11.9. The average Bonchev–Trinajstić information content (AvgIpc) is 2.95. The van der Waals surface area contributed by atoms with E-state index in [1.54, 1.807) is 17.4 Å². The van der Waals surface area contributed by atoms with Gasteiger partial charge in [0.2, 0.25) is 5.91 Å². The molecule has 0 radical (unpaired) electrons. The Morgan fingerprint density at radius 3 is 3.16 bits per heavy atom. The standard InChI is InChI=1S/C14H20N2O2S/c1-10-15-11(8-19-10)5-6-13(18)16-12-4-3-7-14(12,2)9-17/h5-6,8,12,17H,3-4,7,9H2,1-2H3,(H,16,18)/b6-5+. The molecule has 2 unspecified atom stereocenters. The highest BCUT2D eigenvalue weighted by molar-refractivity contribution is 7.09. The Balaban J connectivity index is 1.93. The van der Waals surface area contributed by atoms with Crippen LogP contribution in [-0.2, 0) is 4.79 Å². The number of hydrogen-bond acceptors (Lipinski definition) is 4. The van der Waals surface area contributed by atoms with Crippen molar-refractivity contribution >= 4 is 23.3 Å². The molecule has 1 aromatic rings. The summed E-state index contributed by atoms with van der Waals surface area (Å²) in [6.07, 6.45) is 6.20. The molecule has 1 aliphatic rings. The van der Waals surface area contributed by atoms with E-state index in [4.69, 9.17) is 0 Å². The Kier molecular flexibility index (Phi) is 4.37. The lowest BCUT2D eigenvalue weighted by atomic mass is 9.86. The topological polar surface area (TPSA) is 62.2 Å². The first-order valence-corrected chi connectivity index (χ1v) is 7.43. The van der Waals surface area contributed by atoms with Gasteiger partial charge in [-0.3, -0.25) is 4.79 Å². The number of carbonyl (C=O) groups excluding carboxylic acids is 1. The zero-order chi connectivity index (χ0) is 13.9. The highest BCUT2D eigenvalue weighted by Gasteiger charge is 2.38. The molecule has 4 nitrogen and oxygen atoms in total. The van der Waals surface area contributed by atoms with Crippen LogP contribution in [0.5, 0.6) is 0 Å². The smallest absolute Gasteiger partial charge is 0.244 e. The van der Waals surface area contributed by atoms with Crippen molar-refractivity contribution in [2.45, 2.75) is 39.2 Å². The van der Waals surface area contributed by atoms with Crippen molar-refractivity contribution in [3.05, 3.63) is 22.2 Å². The van der Waals surface area contributed by atoms with Gasteiger partial charge in [-0.1, -0.05) is 13.3 Å². The zero-order valence-electron chi connectivity index (χ0n) is 11.3. The minimum absolute atomic E-state index is 0.0619. The lowest BCUT2D eigenvalue weighted by Gasteiger charge is -2.29. The van der Waals surface area contributed by atoms with Crippen LogP contribution in [0.25, 0.3) is 6.08 Å². The first-order valence-electron chi connectivity index (χ1n) is 6.55. The lowest BCUT2D eigenvalue weighted by molar-refractivity contribution is -0.117. The molecule has 0 saturated heterocycles. The number of aromatic nitrogens is 1. The highest BCUT2D eigenvalue weighted by Crippen LogP contribution is 2.37. The van der Waals surface area contributed by atoms with Gasteiger partial charge in [0.05, 0.1) is 17.3 Å². The molecule has 0 spiro atoms. The predicted octanol–water partition coefficient (Wildman–Crippen LogP) is 2.13. The number of nitrogens with zero attached hydrogens (tertiary/aromatic N) is 1. The SMILES string of the molecule is Cc1nc(/C=C/C(=O)NC2CCCC2(C)CO)cs1. The fraction of sp³-hybridized carbons (Fsp3) is 0.571. The Bertz CT molecular complexity index is 484. The molecule has 1 aliphatic carbocycles. The third-order valence-electron chi connectivity index (χ3n) is 3.80. The van der Waals surface area contributed by atoms with E-state index in [1.807, 2.05) is 19.2 Å². The van der Waals surface area contributed by atoms with Crippen LogP contribution in [-0.4, -0.2) is 28.6 Å². The molecule has 2 atom stereocenters. The van der Waals surface area contributed by atoms with Gasteiger partial charge in [0.15, 0.2) is 0 Å². The van der Waals surface area contributed by atoms with Crippen molar-refractivity contribution in [1.82, 2.24) is 10.3 Å². The fourth-order valence-corrected chi connectivity index (χ4v) is 3.09. The van der Waals surface area contributed by atoms with E-state index in [0.29, 0.717) is 0 Å². The molecule has 5 heteroatoms. The Morgan fingerprint density at radius 1 is 1.74 bits per heavy atom. The molecule has 2 N–H and O–H groups in total. The maximum absolute atomic E-state index is 11.9. The van der Waals surface area contributed by atoms with E-state index >= 15 is 0 Å². The first-order chi connectivity index (χ1) is 9.03. The van der Waals surface area contributed by atoms with Gasteiger partial charge in [-0.05, 0) is 25.8 Å². The van der Waals surface area contributed by atoms with Crippen molar-refractivity contribution in [2.24, 2.45) is 5.41 Å². The largest absolute Gasteiger partial charge is 0.396 e. The van der Waals surface area contributed by atoms with Crippen molar-refractivity contribution in [1.29, 1.82) is 0 Å². The molecule has 0 aromatic carbocycles. The summed E-state index contributed by atoms with van der Waals surface area (Å²) in [5, 5.41) is 15.3. The van der Waals surface area contributed by atoms with E-state index in [1.165, 1.54) is 6.08 Å². The Hall–Kier alpha value is -1.20. The number of aliphatic hydroxyl groups excluding tert-OH is 1. The molecule has 0 aliphatic heterocycles. The van der Waals surface area contributed by atoms with Crippen LogP contribution in [0.4, 0.5) is 0 Å². The summed E-state index contributed by atoms with van der Waals surface area (Å²) >= 11 is 1.57. The van der Waals surface area contributed by atoms with Crippen LogP contribution >= 0.6 is 11.3 Å². The van der Waals surface area contributed by atoms with Crippen molar-refractivity contribution in [2.75, 3.05) is 6.61 Å². The second kappa shape index (κ2) is 5.84. The summed E-state index contributed by atoms with van der Waals surface area (Å²) in [5.74, 6) is -0.114. The minimum atomic E-state index is -0.180. The lowest BCUT2D eigenvalue weighted by Crippen LogP contribution is -2.44. The fourth-order valence-electron chi connectivity index (χ4n) is 2.51. The normalized spacial score (nSPS) is 27.0. The van der Waals surface area contributed by atoms with Gasteiger partial charge in [0, 0.05) is 22.9 Å². The van der Waals surface area contributed by atoms with Gasteiger partial charge in [-0.2, -0.15) is 0 Å². The van der Waals surface area contributed by atoms with Crippen LogP contribution < -0.4 is 5.32 Å². The molecule has 0 bridgehead atoms. The summed E-state index contributed by atoms with van der Waals surface area (Å²) in [4.78, 5) is 16.1. The quantitative estimate of drug-likeness (QED) is 0.831. The van der Waals surface area contributed by atoms with Gasteiger partial charge in [-0.25, -0.2) is 4.98 Å². The molecule has 1 fully saturated rings. The number of aliphatic hydroxyl groups is 1. The number of hydrogen-bond donors (Lipinski definition) is 2. The summed E-state index contributed by atoms with van der Waals surface area (Å²) in [6, 6.07) is 0.0619. The van der Waals surface area contributed by atoms with E-state index in [2.05, 4.69) is 10.3 Å². The first kappa shape index (κ1) is 14.2.